The van der Waals surface area contributed by atoms with E-state index in [9.17, 15) is 18.0 Å². The average Bonchev–Trinajstić information content (AvgIpc) is 2.93. The van der Waals surface area contributed by atoms with Gasteiger partial charge in [0.2, 0.25) is 0 Å². The Hall–Kier alpha value is -2.62. The van der Waals surface area contributed by atoms with Gasteiger partial charge in [0.05, 0.1) is 12.2 Å². The topological polar surface area (TPSA) is 39.3 Å². The molecule has 0 saturated carbocycles. The van der Waals surface area contributed by atoms with Crippen LogP contribution in [0.2, 0.25) is 0 Å². The van der Waals surface area contributed by atoms with Crippen LogP contribution in [0, 0.1) is 13.8 Å². The van der Waals surface area contributed by atoms with Crippen LogP contribution in [0.15, 0.2) is 36.4 Å². The van der Waals surface area contributed by atoms with Crippen LogP contribution < -0.4 is 4.74 Å². The molecule has 2 aliphatic heterocycles. The number of amides is 1. The van der Waals surface area contributed by atoms with Gasteiger partial charge in [0.15, 0.2) is 0 Å². The molecule has 0 N–H and O–H groups in total. The zero-order valence-corrected chi connectivity index (χ0v) is 23.6. The first-order valence-corrected chi connectivity index (χ1v) is 13.9. The largest absolute Gasteiger partial charge is 0.493 e. The van der Waals surface area contributed by atoms with Crippen molar-refractivity contribution >= 4 is 5.91 Å². The number of carbonyl (C=O) groups excluding carboxylic acids is 1. The van der Waals surface area contributed by atoms with E-state index in [0.29, 0.717) is 32.8 Å². The Kier molecular flexibility index (Phi) is 9.56. The van der Waals surface area contributed by atoms with Gasteiger partial charge in [-0.15, -0.1) is 0 Å². The smallest absolute Gasteiger partial charge is 0.416 e. The molecule has 214 valence electrons. The monoisotopic (exact) mass is 546 g/mol. The molecule has 0 radical (unpaired) electrons. The zero-order valence-electron chi connectivity index (χ0n) is 23.6. The van der Waals surface area contributed by atoms with Crippen LogP contribution in [0.5, 0.6) is 5.75 Å². The molecule has 2 aromatic rings. The van der Waals surface area contributed by atoms with Crippen LogP contribution in [-0.2, 0) is 6.18 Å². The molecule has 2 heterocycles. The maximum atomic E-state index is 12.9. The number of alkyl halides is 3. The summed E-state index contributed by atoms with van der Waals surface area (Å²) in [7, 11) is 2.17. The number of likely N-dealkylation sites (N-methyl/N-ethyl adjacent to an activating group) is 1. The number of hydrogen-bond donors (Lipinski definition) is 0. The van der Waals surface area contributed by atoms with Crippen LogP contribution in [-0.4, -0.2) is 98.1 Å². The Morgan fingerprint density at radius 2 is 1.54 bits per heavy atom. The second kappa shape index (κ2) is 12.7. The van der Waals surface area contributed by atoms with Gasteiger partial charge >= 0.3 is 6.18 Å². The van der Waals surface area contributed by atoms with Crippen LogP contribution in [0.1, 0.15) is 52.0 Å². The molecular weight excluding hydrogens is 505 g/mol. The predicted molar refractivity (Wildman–Crippen MR) is 147 cm³/mol. The van der Waals surface area contributed by atoms with Crippen molar-refractivity contribution in [2.45, 2.75) is 39.4 Å². The molecule has 4 rings (SSSR count). The first kappa shape index (κ1) is 29.4. The summed E-state index contributed by atoms with van der Waals surface area (Å²) in [6.07, 6.45) is -3.40. The van der Waals surface area contributed by atoms with Crippen molar-refractivity contribution in [2.24, 2.45) is 0 Å². The lowest BCUT2D eigenvalue weighted by molar-refractivity contribution is -0.137. The molecule has 39 heavy (non-hydrogen) atoms. The molecule has 0 spiro atoms. The Balaban J connectivity index is 1.27. The van der Waals surface area contributed by atoms with Crippen molar-refractivity contribution in [1.82, 2.24) is 19.6 Å². The number of halogens is 3. The van der Waals surface area contributed by atoms with E-state index in [4.69, 9.17) is 4.74 Å². The minimum Gasteiger partial charge on any atom is -0.493 e. The molecule has 0 aromatic heterocycles. The van der Waals surface area contributed by atoms with Crippen molar-refractivity contribution in [1.29, 1.82) is 0 Å². The van der Waals surface area contributed by atoms with Crippen LogP contribution in [0.4, 0.5) is 13.2 Å². The normalized spacial score (nSPS) is 18.8. The van der Waals surface area contributed by atoms with Gasteiger partial charge in [-0.05, 0) is 81.3 Å². The highest BCUT2D eigenvalue weighted by atomic mass is 19.4. The standard InChI is InChI=1S/C30H41F3N4O2/c1-22-23(2)28(39-21-5-12-35-15-13-34(4)14-16-35)11-10-27(22)24(3)36-17-19-37(20-18-36)29(38)25-6-8-26(9-7-25)30(31,32)33/h6-11,24H,5,12-21H2,1-4H3. The van der Waals surface area contributed by atoms with Crippen molar-refractivity contribution in [3.63, 3.8) is 0 Å². The lowest BCUT2D eigenvalue weighted by Gasteiger charge is -2.39. The van der Waals surface area contributed by atoms with E-state index >= 15 is 0 Å². The molecular formula is C30H41F3N4O2. The highest BCUT2D eigenvalue weighted by Crippen LogP contribution is 2.32. The number of piperazine rings is 2. The van der Waals surface area contributed by atoms with E-state index in [2.05, 4.69) is 54.7 Å². The van der Waals surface area contributed by atoms with Gasteiger partial charge in [-0.3, -0.25) is 9.69 Å². The molecule has 1 unspecified atom stereocenters. The summed E-state index contributed by atoms with van der Waals surface area (Å²) in [6.45, 7) is 15.2. The maximum absolute atomic E-state index is 12.9. The van der Waals surface area contributed by atoms with Crippen molar-refractivity contribution in [3.8, 4) is 5.75 Å². The Morgan fingerprint density at radius 1 is 0.897 bits per heavy atom. The van der Waals surface area contributed by atoms with E-state index in [1.807, 2.05) is 0 Å². The van der Waals surface area contributed by atoms with Gasteiger partial charge in [0.25, 0.3) is 5.91 Å². The zero-order chi connectivity index (χ0) is 28.2. The molecule has 6 nitrogen and oxygen atoms in total. The predicted octanol–water partition coefficient (Wildman–Crippen LogP) is 4.86. The highest BCUT2D eigenvalue weighted by molar-refractivity contribution is 5.94. The maximum Gasteiger partial charge on any atom is 0.416 e. The van der Waals surface area contributed by atoms with Crippen LogP contribution in [0.3, 0.4) is 0 Å². The SMILES string of the molecule is Cc1c(OCCCN2CCN(C)CC2)ccc(C(C)N2CCN(C(=O)c3ccc(C(F)(F)F)cc3)CC2)c1C. The molecule has 2 saturated heterocycles. The number of nitrogens with zero attached hydrogens (tertiary/aromatic N) is 4. The summed E-state index contributed by atoms with van der Waals surface area (Å²) < 4.78 is 44.7. The number of carbonyl (C=O) groups is 1. The van der Waals surface area contributed by atoms with Crippen molar-refractivity contribution in [2.75, 3.05) is 72.6 Å². The lowest BCUT2D eigenvalue weighted by Crippen LogP contribution is -2.49. The molecule has 2 aliphatic rings. The number of hydrogen-bond acceptors (Lipinski definition) is 5. The Bertz CT molecular complexity index is 1110. The van der Waals surface area contributed by atoms with Gasteiger partial charge in [-0.1, -0.05) is 6.07 Å². The van der Waals surface area contributed by atoms with Gasteiger partial charge in [-0.25, -0.2) is 0 Å². The molecule has 1 atom stereocenters. The summed E-state index contributed by atoms with van der Waals surface area (Å²) in [4.78, 5) is 21.8. The number of rotatable bonds is 8. The van der Waals surface area contributed by atoms with E-state index < -0.39 is 11.7 Å². The summed E-state index contributed by atoms with van der Waals surface area (Å²) >= 11 is 0. The third kappa shape index (κ3) is 7.32. The second-order valence-corrected chi connectivity index (χ2v) is 10.8. The van der Waals surface area contributed by atoms with Crippen LogP contribution in [0.25, 0.3) is 0 Å². The third-order valence-electron chi connectivity index (χ3n) is 8.31. The summed E-state index contributed by atoms with van der Waals surface area (Å²) in [5, 5.41) is 0. The highest BCUT2D eigenvalue weighted by Gasteiger charge is 2.31. The van der Waals surface area contributed by atoms with E-state index in [-0.39, 0.29) is 17.5 Å². The van der Waals surface area contributed by atoms with Crippen LogP contribution >= 0.6 is 0 Å². The fourth-order valence-electron chi connectivity index (χ4n) is 5.46. The van der Waals surface area contributed by atoms with Gasteiger partial charge in [0.1, 0.15) is 5.75 Å². The number of benzene rings is 2. The minimum absolute atomic E-state index is 0.179. The third-order valence-corrected chi connectivity index (χ3v) is 8.31. The molecule has 2 fully saturated rings. The van der Waals surface area contributed by atoms with E-state index in [0.717, 1.165) is 62.6 Å². The second-order valence-electron chi connectivity index (χ2n) is 10.8. The fourth-order valence-corrected chi connectivity index (χ4v) is 5.46. The van der Waals surface area contributed by atoms with Gasteiger partial charge in [0, 0.05) is 70.5 Å². The Labute approximate surface area is 230 Å². The summed E-state index contributed by atoms with van der Waals surface area (Å²) in [5.41, 5.74) is 3.18. The minimum atomic E-state index is -4.41. The van der Waals surface area contributed by atoms with E-state index in [1.165, 1.54) is 23.3 Å². The first-order valence-electron chi connectivity index (χ1n) is 13.9. The van der Waals surface area contributed by atoms with Gasteiger partial charge < -0.3 is 19.4 Å². The van der Waals surface area contributed by atoms with Crippen molar-refractivity contribution < 1.29 is 22.7 Å². The quantitative estimate of drug-likeness (QED) is 0.443. The molecule has 1 amide bonds. The average molecular weight is 547 g/mol. The van der Waals surface area contributed by atoms with E-state index in [1.54, 1.807) is 4.90 Å². The lowest BCUT2D eigenvalue weighted by atomic mass is 9.96. The Morgan fingerprint density at radius 3 is 2.15 bits per heavy atom. The fraction of sp³-hybridized carbons (Fsp3) is 0.567. The van der Waals surface area contributed by atoms with Crippen molar-refractivity contribution in [3.05, 3.63) is 64.2 Å². The molecule has 9 heteroatoms. The number of ether oxygens (including phenoxy) is 1. The molecule has 2 aromatic carbocycles. The molecule has 0 bridgehead atoms. The molecule has 0 aliphatic carbocycles. The summed E-state index contributed by atoms with van der Waals surface area (Å²) in [5.74, 6) is 0.714. The first-order chi connectivity index (χ1) is 18.5. The summed E-state index contributed by atoms with van der Waals surface area (Å²) in [6, 6.07) is 8.88. The van der Waals surface area contributed by atoms with Gasteiger partial charge in [-0.2, -0.15) is 13.2 Å².